The molecule has 3 fully saturated rings. The van der Waals surface area contributed by atoms with Crippen LogP contribution in [0.25, 0.3) is 0 Å². The van der Waals surface area contributed by atoms with E-state index in [0.29, 0.717) is 43.6 Å². The van der Waals surface area contributed by atoms with Crippen molar-refractivity contribution in [3.05, 3.63) is 77.0 Å². The zero-order valence-corrected chi connectivity index (χ0v) is 35.2. The molecule has 2 aromatic carbocycles. The number of benzene rings is 2. The van der Waals surface area contributed by atoms with E-state index in [9.17, 15) is 28.8 Å². The lowest BCUT2D eigenvalue weighted by molar-refractivity contribution is -0.139. The number of nitrogens with one attached hydrogen (secondary N) is 4. The Kier molecular flexibility index (Phi) is 13.8. The first-order valence-corrected chi connectivity index (χ1v) is 22.1. The number of rotatable bonds is 20. The van der Waals surface area contributed by atoms with Gasteiger partial charge in [-0.3, -0.25) is 19.3 Å². The summed E-state index contributed by atoms with van der Waals surface area (Å²) in [6, 6.07) is 16.9. The quantitative estimate of drug-likeness (QED) is 0.0867. The number of methoxy groups -OCH3 is 2. The highest BCUT2D eigenvalue weighted by molar-refractivity contribution is 8.00. The first kappa shape index (κ1) is 42.7. The number of hydrogen-bond donors (Lipinski definition) is 4. The molecule has 1 spiro atoms. The van der Waals surface area contributed by atoms with Crippen molar-refractivity contribution in [2.45, 2.75) is 106 Å². The lowest BCUT2D eigenvalue weighted by Crippen LogP contribution is -2.55. The minimum atomic E-state index is -1.03. The smallest absolute Gasteiger partial charge is 0.357 e. The average Bonchev–Trinajstić information content (AvgIpc) is 3.97. The van der Waals surface area contributed by atoms with Crippen molar-refractivity contribution in [3.63, 3.8) is 0 Å². The molecule has 0 aliphatic carbocycles. The van der Waals surface area contributed by atoms with E-state index < -0.39 is 23.4 Å². The van der Waals surface area contributed by atoms with Crippen molar-refractivity contribution >= 4 is 59.0 Å². The molecule has 5 heterocycles. The molecule has 5 aliphatic rings. The van der Waals surface area contributed by atoms with Gasteiger partial charge in [-0.05, 0) is 62.1 Å². The zero-order valence-electron chi connectivity index (χ0n) is 34.3. The van der Waals surface area contributed by atoms with E-state index >= 15 is 0 Å². The predicted octanol–water partition coefficient (Wildman–Crippen LogP) is 3.86. The number of hydrogen-bond acceptors (Lipinski definition) is 11. The largest absolute Gasteiger partial charge is 0.466 e. The molecule has 0 saturated carbocycles. The van der Waals surface area contributed by atoms with Gasteiger partial charge in [-0.25, -0.2) is 19.4 Å². The van der Waals surface area contributed by atoms with E-state index in [0.717, 1.165) is 73.9 Å². The second-order valence-corrected chi connectivity index (χ2v) is 17.3. The number of amidine groups is 1. The number of amides is 5. The number of esters is 2. The van der Waals surface area contributed by atoms with E-state index in [-0.39, 0.29) is 60.1 Å². The maximum Gasteiger partial charge on any atom is 0.357 e. The Hall–Kier alpha value is -5.38. The molecule has 2 aromatic rings. The van der Waals surface area contributed by atoms with E-state index in [2.05, 4.69) is 26.2 Å². The molecule has 60 heavy (non-hydrogen) atoms. The first-order chi connectivity index (χ1) is 29.2. The van der Waals surface area contributed by atoms with Crippen LogP contribution in [-0.2, 0) is 45.4 Å². The number of carbonyl (C=O) groups is 6. The van der Waals surface area contributed by atoms with Gasteiger partial charge in [0.05, 0.1) is 49.9 Å². The number of unbranched alkanes of at least 4 members (excludes halogenated alkanes) is 4. The molecule has 4 unspecified atom stereocenters. The fraction of sp³-hybridized carbons (Fsp3) is 0.523. The lowest BCUT2D eigenvalue weighted by Gasteiger charge is -2.40. The third-order valence-corrected chi connectivity index (χ3v) is 13.7. The van der Waals surface area contributed by atoms with Crippen molar-refractivity contribution in [2.24, 2.45) is 4.99 Å². The van der Waals surface area contributed by atoms with Gasteiger partial charge in [0.25, 0.3) is 0 Å². The van der Waals surface area contributed by atoms with Gasteiger partial charge in [0.1, 0.15) is 5.84 Å². The predicted molar refractivity (Wildman–Crippen MR) is 227 cm³/mol. The number of aliphatic imine (C=N–C) groups is 1. The minimum Gasteiger partial charge on any atom is -0.466 e. The van der Waals surface area contributed by atoms with E-state index in [4.69, 9.17) is 14.5 Å². The van der Waals surface area contributed by atoms with E-state index in [1.54, 1.807) is 4.90 Å². The van der Waals surface area contributed by atoms with E-state index in [1.807, 2.05) is 66.4 Å². The minimum absolute atomic E-state index is 0.00158. The Morgan fingerprint density at radius 2 is 1.52 bits per heavy atom. The fourth-order valence-electron chi connectivity index (χ4n) is 9.38. The van der Waals surface area contributed by atoms with Crippen molar-refractivity contribution in [1.82, 2.24) is 26.2 Å². The van der Waals surface area contributed by atoms with Crippen LogP contribution >= 0.6 is 11.8 Å². The third-order valence-electron chi connectivity index (χ3n) is 12.2. The molecule has 15 nitrogen and oxygen atoms in total. The molecule has 0 bridgehead atoms. The number of urea groups is 1. The molecule has 7 rings (SSSR count). The molecule has 320 valence electrons. The summed E-state index contributed by atoms with van der Waals surface area (Å²) in [5.41, 5.74) is 1.50. The second kappa shape index (κ2) is 19.3. The fourth-order valence-corrected chi connectivity index (χ4v) is 10.9. The number of para-hydroxylation sites is 1. The van der Waals surface area contributed by atoms with Crippen LogP contribution in [0.3, 0.4) is 0 Å². The SMILES string of the molecule is COC(=O)C1=C(C(=O)OC)C2N(CCCCCNC(=O)CCCCCNC(=O)CCCC3SCC4NC(=O)NC43)c3ccccc3[C@@]23CC(=O)N(Cc2ccccc2)C3=N1. The molecule has 5 amide bonds. The maximum atomic E-state index is 14.0. The normalized spacial score (nSPS) is 23.5. The highest BCUT2D eigenvalue weighted by Gasteiger charge is 2.65. The number of likely N-dealkylation sites (tertiary alicyclic amines) is 1. The number of anilines is 1. The molecule has 5 atom stereocenters. The van der Waals surface area contributed by atoms with Crippen molar-refractivity contribution < 1.29 is 38.2 Å². The highest BCUT2D eigenvalue weighted by atomic mass is 32.2. The van der Waals surface area contributed by atoms with Gasteiger partial charge in [-0.15, -0.1) is 0 Å². The second-order valence-electron chi connectivity index (χ2n) is 16.0. The summed E-state index contributed by atoms with van der Waals surface area (Å²) < 4.78 is 10.4. The van der Waals surface area contributed by atoms with Gasteiger partial charge in [-0.1, -0.05) is 55.0 Å². The van der Waals surface area contributed by atoms with Crippen molar-refractivity contribution in [3.8, 4) is 0 Å². The van der Waals surface area contributed by atoms with Crippen molar-refractivity contribution in [2.75, 3.05) is 44.5 Å². The van der Waals surface area contributed by atoms with Crippen molar-refractivity contribution in [1.29, 1.82) is 0 Å². The molecule has 16 heteroatoms. The number of fused-ring (bicyclic) bond motifs is 2. The summed E-state index contributed by atoms with van der Waals surface area (Å²) in [6.07, 6.45) is 7.27. The Morgan fingerprint density at radius 1 is 0.833 bits per heavy atom. The third kappa shape index (κ3) is 8.89. The number of nitrogens with zero attached hydrogens (tertiary/aromatic N) is 3. The van der Waals surface area contributed by atoms with Crippen LogP contribution in [0.2, 0.25) is 0 Å². The standard InChI is InChI=1S/C44H55N7O8S/c1-58-40(55)36-38(41(56)59-2)48-42-44(25-35(54)51(42)26-28-15-6-3-7-16-28)29-17-9-10-18-31(29)50(39(36)44)24-13-5-12-23-45-33(52)20-8-4-11-22-46-34(53)21-14-19-32-37-30(27-60-32)47-43(57)49-37/h3,6-7,9-10,15-18,30,32,37,39H,4-5,8,11-14,19-27H2,1-2H3,(H,45,52)(H,46,53)(H2,47,49,57)/t30?,32?,37?,39?,44-/m0/s1. The molecule has 0 radical (unpaired) electrons. The summed E-state index contributed by atoms with van der Waals surface area (Å²) in [5.74, 6) is -0.278. The van der Waals surface area contributed by atoms with Gasteiger partial charge in [-0.2, -0.15) is 11.8 Å². The van der Waals surface area contributed by atoms with Gasteiger partial charge in [0.2, 0.25) is 17.7 Å². The Balaban J connectivity index is 0.876. The Labute approximate surface area is 354 Å². The Morgan fingerprint density at radius 3 is 2.25 bits per heavy atom. The number of ether oxygens (including phenoxy) is 2. The molecule has 0 aromatic heterocycles. The summed E-state index contributed by atoms with van der Waals surface area (Å²) in [7, 11) is 2.51. The molecule has 3 saturated heterocycles. The van der Waals surface area contributed by atoms with Crippen LogP contribution in [0.1, 0.15) is 81.8 Å². The summed E-state index contributed by atoms with van der Waals surface area (Å²) in [6.45, 7) is 1.89. The average molecular weight is 842 g/mol. The van der Waals surface area contributed by atoms with Gasteiger partial charge in [0.15, 0.2) is 5.70 Å². The molecular weight excluding hydrogens is 787 g/mol. The van der Waals surface area contributed by atoms with Gasteiger partial charge < -0.3 is 35.6 Å². The number of thioether (sulfide) groups is 1. The first-order valence-electron chi connectivity index (χ1n) is 21.1. The molecule has 5 aliphatic heterocycles. The highest BCUT2D eigenvalue weighted by Crippen LogP contribution is 2.56. The molecule has 4 N–H and O–H groups in total. The van der Waals surface area contributed by atoms with Gasteiger partial charge in [0, 0.05) is 55.6 Å². The monoisotopic (exact) mass is 841 g/mol. The van der Waals surface area contributed by atoms with E-state index in [1.165, 1.54) is 14.2 Å². The van der Waals surface area contributed by atoms with Crippen LogP contribution in [0, 0.1) is 0 Å². The Bertz CT molecular complexity index is 2030. The van der Waals surface area contributed by atoms with Crippen LogP contribution in [-0.4, -0.2) is 109 Å². The number of carbonyl (C=O) groups excluding carboxylic acids is 6. The summed E-state index contributed by atoms with van der Waals surface area (Å²) >= 11 is 1.85. The van der Waals surface area contributed by atoms with Crippen LogP contribution in [0.15, 0.2) is 70.9 Å². The molecular formula is C44H55N7O8S. The zero-order chi connectivity index (χ0) is 42.2. The van der Waals surface area contributed by atoms with Gasteiger partial charge >= 0.3 is 18.0 Å². The van der Waals surface area contributed by atoms with Crippen LogP contribution < -0.4 is 26.2 Å². The maximum absolute atomic E-state index is 14.0. The lowest BCUT2D eigenvalue weighted by atomic mass is 9.70. The topological polar surface area (TPSA) is 188 Å². The summed E-state index contributed by atoms with van der Waals surface area (Å²) in [5, 5.41) is 12.3. The summed E-state index contributed by atoms with van der Waals surface area (Å²) in [4.78, 5) is 86.1. The van der Waals surface area contributed by atoms with Crippen LogP contribution in [0.5, 0.6) is 0 Å². The van der Waals surface area contributed by atoms with Crippen LogP contribution in [0.4, 0.5) is 10.5 Å².